The number of hydrogen-bond acceptors (Lipinski definition) is 6. The molecule has 0 bridgehead atoms. The lowest BCUT2D eigenvalue weighted by Crippen LogP contribution is -2.09. The van der Waals surface area contributed by atoms with E-state index in [1.807, 2.05) is 13.8 Å². The van der Waals surface area contributed by atoms with Crippen molar-refractivity contribution in [2.75, 3.05) is 11.1 Å². The van der Waals surface area contributed by atoms with Gasteiger partial charge < -0.3 is 20.6 Å². The second-order valence-electron chi connectivity index (χ2n) is 4.07. The largest absolute Gasteiger partial charge is 0.478 e. The van der Waals surface area contributed by atoms with E-state index in [0.29, 0.717) is 11.6 Å². The quantitative estimate of drug-likeness (QED) is 0.766. The van der Waals surface area contributed by atoms with Crippen molar-refractivity contribution >= 4 is 17.5 Å². The van der Waals surface area contributed by atoms with Crippen LogP contribution in [0.2, 0.25) is 0 Å². The van der Waals surface area contributed by atoms with Gasteiger partial charge in [0.1, 0.15) is 17.1 Å². The highest BCUT2D eigenvalue weighted by atomic mass is 16.4. The van der Waals surface area contributed by atoms with Crippen LogP contribution in [0.15, 0.2) is 16.7 Å². The summed E-state index contributed by atoms with van der Waals surface area (Å²) in [4.78, 5) is 19.2. The molecule has 0 radical (unpaired) electrons. The van der Waals surface area contributed by atoms with Crippen molar-refractivity contribution in [1.82, 2.24) is 9.97 Å². The van der Waals surface area contributed by atoms with Crippen LogP contribution in [0.3, 0.4) is 0 Å². The Morgan fingerprint density at radius 1 is 1.53 bits per heavy atom. The Balaban J connectivity index is 2.17. The maximum Gasteiger partial charge on any atom is 0.339 e. The zero-order valence-electron chi connectivity index (χ0n) is 10.6. The zero-order chi connectivity index (χ0) is 14.0. The second-order valence-corrected chi connectivity index (χ2v) is 4.07. The van der Waals surface area contributed by atoms with Crippen molar-refractivity contribution < 1.29 is 14.3 Å². The molecule has 0 aliphatic rings. The van der Waals surface area contributed by atoms with Gasteiger partial charge in [-0.15, -0.1) is 0 Å². The molecule has 0 saturated carbocycles. The Morgan fingerprint density at radius 3 is 2.84 bits per heavy atom. The molecule has 0 fully saturated rings. The predicted molar refractivity (Wildman–Crippen MR) is 68.9 cm³/mol. The summed E-state index contributed by atoms with van der Waals surface area (Å²) in [6.45, 7) is 3.91. The lowest BCUT2D eigenvalue weighted by molar-refractivity contribution is 0.0697. The third-order valence-corrected chi connectivity index (χ3v) is 2.62. The highest BCUT2D eigenvalue weighted by Crippen LogP contribution is 2.17. The molecule has 0 unspecified atom stereocenters. The van der Waals surface area contributed by atoms with Crippen LogP contribution < -0.4 is 11.1 Å². The van der Waals surface area contributed by atoms with E-state index in [0.717, 1.165) is 11.5 Å². The van der Waals surface area contributed by atoms with Crippen LogP contribution in [-0.2, 0) is 6.54 Å². The van der Waals surface area contributed by atoms with Gasteiger partial charge in [-0.1, -0.05) is 0 Å². The van der Waals surface area contributed by atoms with Crippen LogP contribution in [0.1, 0.15) is 27.7 Å². The van der Waals surface area contributed by atoms with E-state index < -0.39 is 5.97 Å². The summed E-state index contributed by atoms with van der Waals surface area (Å²) in [6, 6.07) is 1.35. The van der Waals surface area contributed by atoms with Gasteiger partial charge in [-0.25, -0.2) is 14.8 Å². The van der Waals surface area contributed by atoms with E-state index >= 15 is 0 Å². The third kappa shape index (κ3) is 2.82. The Hall–Kier alpha value is -2.57. The number of aryl methyl sites for hydroxylation is 2. The molecule has 0 atom stereocenters. The molecular formula is C12H14N4O3. The summed E-state index contributed by atoms with van der Waals surface area (Å²) in [6.07, 6.45) is 1.39. The van der Waals surface area contributed by atoms with Gasteiger partial charge in [0.25, 0.3) is 0 Å². The number of nitrogens with zero attached hydrogens (tertiary/aromatic N) is 2. The van der Waals surface area contributed by atoms with Crippen molar-refractivity contribution in [3.63, 3.8) is 0 Å². The molecule has 0 amide bonds. The molecule has 2 rings (SSSR count). The normalized spacial score (nSPS) is 10.4. The summed E-state index contributed by atoms with van der Waals surface area (Å²) in [5, 5.41) is 11.9. The van der Waals surface area contributed by atoms with Crippen LogP contribution in [-0.4, -0.2) is 21.0 Å². The first-order valence-electron chi connectivity index (χ1n) is 5.63. The molecule has 2 aromatic rings. The van der Waals surface area contributed by atoms with Crippen LogP contribution in [0.4, 0.5) is 11.5 Å². The van der Waals surface area contributed by atoms with Gasteiger partial charge >= 0.3 is 5.97 Å². The number of carboxylic acids is 1. The first-order valence-corrected chi connectivity index (χ1v) is 5.63. The van der Waals surface area contributed by atoms with Crippen molar-refractivity contribution in [2.45, 2.75) is 20.4 Å². The molecule has 7 heteroatoms. The van der Waals surface area contributed by atoms with Crippen molar-refractivity contribution in [1.29, 1.82) is 0 Å². The number of carbonyl (C=O) groups is 1. The third-order valence-electron chi connectivity index (χ3n) is 2.62. The minimum absolute atomic E-state index is 0.0139. The number of oxazole rings is 1. The zero-order valence-corrected chi connectivity index (χ0v) is 10.6. The van der Waals surface area contributed by atoms with Gasteiger partial charge in [-0.2, -0.15) is 0 Å². The molecule has 0 aliphatic heterocycles. The molecule has 4 N–H and O–H groups in total. The molecular weight excluding hydrogens is 248 g/mol. The Morgan fingerprint density at radius 2 is 2.26 bits per heavy atom. The Labute approximate surface area is 109 Å². The number of aromatic carboxylic acids is 1. The Bertz CT molecular complexity index is 602. The standard InChI is InChI=1S/C12H14N4O3/c1-6-7(2)19-10(16-6)5-15-11-9(12(17)18)3-8(13)4-14-11/h3-4H,5,13H2,1-2H3,(H,14,15)(H,17,18). The number of rotatable bonds is 4. The molecule has 100 valence electrons. The minimum atomic E-state index is -1.10. The van der Waals surface area contributed by atoms with Crippen LogP contribution >= 0.6 is 0 Å². The molecule has 0 aromatic carbocycles. The molecule has 7 nitrogen and oxygen atoms in total. The first kappa shape index (κ1) is 12.9. The van der Waals surface area contributed by atoms with Crippen LogP contribution in [0.5, 0.6) is 0 Å². The smallest absolute Gasteiger partial charge is 0.339 e. The molecule has 0 spiro atoms. The van der Waals surface area contributed by atoms with Gasteiger partial charge in [0.15, 0.2) is 0 Å². The fraction of sp³-hybridized carbons (Fsp3) is 0.250. The number of pyridine rings is 1. The fourth-order valence-electron chi connectivity index (χ4n) is 1.56. The maximum absolute atomic E-state index is 11.1. The van der Waals surface area contributed by atoms with Gasteiger partial charge in [0, 0.05) is 0 Å². The van der Waals surface area contributed by atoms with Gasteiger partial charge in [-0.3, -0.25) is 0 Å². The van der Waals surface area contributed by atoms with Crippen LogP contribution in [0, 0.1) is 13.8 Å². The highest BCUT2D eigenvalue weighted by molar-refractivity contribution is 5.94. The van der Waals surface area contributed by atoms with E-state index in [-0.39, 0.29) is 17.9 Å². The SMILES string of the molecule is Cc1nc(CNc2ncc(N)cc2C(=O)O)oc1C. The summed E-state index contributed by atoms with van der Waals surface area (Å²) in [5.74, 6) is 0.350. The van der Waals surface area contributed by atoms with Crippen molar-refractivity contribution in [3.8, 4) is 0 Å². The fourth-order valence-corrected chi connectivity index (χ4v) is 1.56. The average Bonchev–Trinajstić information content (AvgIpc) is 2.67. The summed E-state index contributed by atoms with van der Waals surface area (Å²) in [7, 11) is 0. The van der Waals surface area contributed by atoms with E-state index in [9.17, 15) is 4.79 Å². The average molecular weight is 262 g/mol. The van der Waals surface area contributed by atoms with E-state index in [1.54, 1.807) is 0 Å². The summed E-state index contributed by atoms with van der Waals surface area (Å²) < 4.78 is 5.39. The van der Waals surface area contributed by atoms with E-state index in [4.69, 9.17) is 15.3 Å². The van der Waals surface area contributed by atoms with Gasteiger partial charge in [0.2, 0.25) is 5.89 Å². The second kappa shape index (κ2) is 4.97. The highest BCUT2D eigenvalue weighted by Gasteiger charge is 2.13. The topological polar surface area (TPSA) is 114 Å². The monoisotopic (exact) mass is 262 g/mol. The van der Waals surface area contributed by atoms with Crippen molar-refractivity contribution in [2.24, 2.45) is 0 Å². The molecule has 0 saturated heterocycles. The molecule has 19 heavy (non-hydrogen) atoms. The minimum Gasteiger partial charge on any atom is -0.478 e. The number of carboxylic acid groups (broad SMARTS) is 1. The van der Waals surface area contributed by atoms with Crippen molar-refractivity contribution in [3.05, 3.63) is 35.2 Å². The lowest BCUT2D eigenvalue weighted by Gasteiger charge is -2.07. The van der Waals surface area contributed by atoms with Gasteiger partial charge in [-0.05, 0) is 19.9 Å². The van der Waals surface area contributed by atoms with Gasteiger partial charge in [0.05, 0.1) is 24.1 Å². The van der Waals surface area contributed by atoms with E-state index in [2.05, 4.69) is 15.3 Å². The number of aromatic nitrogens is 2. The Kier molecular flexibility index (Phi) is 3.37. The number of hydrogen-bond donors (Lipinski definition) is 3. The number of nitrogen functional groups attached to an aromatic ring is 1. The summed E-state index contributed by atoms with van der Waals surface area (Å²) in [5.41, 5.74) is 6.63. The number of nitrogens with one attached hydrogen (secondary N) is 1. The van der Waals surface area contributed by atoms with Crippen LogP contribution in [0.25, 0.3) is 0 Å². The molecule has 2 heterocycles. The number of nitrogens with two attached hydrogens (primary N) is 1. The summed E-state index contributed by atoms with van der Waals surface area (Å²) >= 11 is 0. The first-order chi connectivity index (χ1) is 8.97. The molecule has 2 aromatic heterocycles. The lowest BCUT2D eigenvalue weighted by atomic mass is 10.2. The maximum atomic E-state index is 11.1. The predicted octanol–water partition coefficient (Wildman–Crippen LogP) is 1.58. The molecule has 0 aliphatic carbocycles. The number of anilines is 2. The van der Waals surface area contributed by atoms with E-state index in [1.165, 1.54) is 12.3 Å².